The largest absolute Gasteiger partial charge is 0.454 e. The highest BCUT2D eigenvalue weighted by molar-refractivity contribution is 8.26. The first-order chi connectivity index (χ1) is 14.4. The number of nitrogens with zero attached hydrogens (tertiary/aromatic N) is 1. The fourth-order valence-corrected chi connectivity index (χ4v) is 4.42. The molecule has 2 heterocycles. The van der Waals surface area contributed by atoms with Gasteiger partial charge in [-0.25, -0.2) is 0 Å². The van der Waals surface area contributed by atoms with Gasteiger partial charge in [0.05, 0.1) is 4.91 Å². The van der Waals surface area contributed by atoms with Crippen LogP contribution in [0.25, 0.3) is 6.08 Å². The highest BCUT2D eigenvalue weighted by atomic mass is 32.2. The summed E-state index contributed by atoms with van der Waals surface area (Å²) >= 11 is 6.62. The second-order valence-corrected chi connectivity index (χ2v) is 8.68. The average Bonchev–Trinajstić information content (AvgIpc) is 3.29. The van der Waals surface area contributed by atoms with E-state index in [0.29, 0.717) is 39.4 Å². The maximum Gasteiger partial charge on any atom is 0.266 e. The van der Waals surface area contributed by atoms with Crippen molar-refractivity contribution in [3.05, 3.63) is 63.6 Å². The lowest BCUT2D eigenvalue weighted by atomic mass is 10.1. The number of thioether (sulfide) groups is 1. The molecule has 0 aromatic heterocycles. The van der Waals surface area contributed by atoms with Crippen LogP contribution in [0.1, 0.15) is 27.0 Å². The van der Waals surface area contributed by atoms with Crippen LogP contribution in [0.3, 0.4) is 0 Å². The molecule has 8 heteroatoms. The van der Waals surface area contributed by atoms with Crippen molar-refractivity contribution in [1.29, 1.82) is 0 Å². The molecule has 2 aromatic carbocycles. The third-order valence-electron chi connectivity index (χ3n) is 4.96. The zero-order valence-corrected chi connectivity index (χ0v) is 18.2. The lowest BCUT2D eigenvalue weighted by molar-refractivity contribution is -0.122. The van der Waals surface area contributed by atoms with Crippen LogP contribution in [0.15, 0.2) is 41.3 Å². The number of hydrogen-bond donors (Lipinski definition) is 1. The minimum Gasteiger partial charge on any atom is -0.454 e. The minimum absolute atomic E-state index is 0.164. The number of rotatable bonds is 5. The van der Waals surface area contributed by atoms with Crippen molar-refractivity contribution in [3.63, 3.8) is 0 Å². The van der Waals surface area contributed by atoms with Crippen molar-refractivity contribution in [2.75, 3.05) is 19.9 Å². The zero-order valence-electron chi connectivity index (χ0n) is 16.6. The Labute approximate surface area is 184 Å². The number of nitrogens with one attached hydrogen (secondary N) is 1. The summed E-state index contributed by atoms with van der Waals surface area (Å²) in [6.07, 6.45) is 1.79. The number of ether oxygens (including phenoxy) is 2. The molecule has 4 rings (SSSR count). The smallest absolute Gasteiger partial charge is 0.266 e. The average molecular weight is 441 g/mol. The third kappa shape index (κ3) is 4.20. The summed E-state index contributed by atoms with van der Waals surface area (Å²) in [4.78, 5) is 27.2. The third-order valence-corrected chi connectivity index (χ3v) is 6.34. The Morgan fingerprint density at radius 1 is 1.17 bits per heavy atom. The van der Waals surface area contributed by atoms with Gasteiger partial charge < -0.3 is 14.8 Å². The van der Waals surface area contributed by atoms with Crippen LogP contribution in [0, 0.1) is 13.8 Å². The highest BCUT2D eigenvalue weighted by Crippen LogP contribution is 2.36. The standard InChI is InChI=1S/C22H20N2O4S2/c1-13-3-5-16(9-14(13)2)20(25)23-7-8-24-21(26)19(30-22(24)29)11-15-4-6-17-18(10-15)28-12-27-17/h3-6,9-11H,7-8,12H2,1-2H3,(H,23,25)/b19-11-. The van der Waals surface area contributed by atoms with Gasteiger partial charge in [0.15, 0.2) is 11.5 Å². The van der Waals surface area contributed by atoms with E-state index in [1.807, 2.05) is 44.2 Å². The topological polar surface area (TPSA) is 67.9 Å². The number of benzene rings is 2. The van der Waals surface area contributed by atoms with Crippen molar-refractivity contribution < 1.29 is 19.1 Å². The quantitative estimate of drug-likeness (QED) is 0.565. The van der Waals surface area contributed by atoms with Gasteiger partial charge in [-0.2, -0.15) is 0 Å². The van der Waals surface area contributed by atoms with Crippen LogP contribution in [-0.2, 0) is 4.79 Å². The SMILES string of the molecule is Cc1ccc(C(=O)NCCN2C(=O)/C(=C/c3ccc4c(c3)OCO4)SC2=S)cc1C. The predicted octanol–water partition coefficient (Wildman–Crippen LogP) is 3.66. The van der Waals surface area contributed by atoms with Crippen LogP contribution in [0.2, 0.25) is 0 Å². The fraction of sp³-hybridized carbons (Fsp3) is 0.227. The molecule has 154 valence electrons. The van der Waals surface area contributed by atoms with Crippen LogP contribution < -0.4 is 14.8 Å². The molecule has 2 aromatic rings. The molecule has 0 radical (unpaired) electrons. The summed E-state index contributed by atoms with van der Waals surface area (Å²) in [6.45, 7) is 4.81. The van der Waals surface area contributed by atoms with E-state index in [1.165, 1.54) is 16.7 Å². The maximum atomic E-state index is 12.8. The number of aryl methyl sites for hydroxylation is 2. The van der Waals surface area contributed by atoms with Gasteiger partial charge in [-0.3, -0.25) is 14.5 Å². The summed E-state index contributed by atoms with van der Waals surface area (Å²) in [7, 11) is 0. The zero-order chi connectivity index (χ0) is 21.3. The second-order valence-electron chi connectivity index (χ2n) is 7.00. The van der Waals surface area contributed by atoms with Crippen molar-refractivity contribution in [2.24, 2.45) is 0 Å². The van der Waals surface area contributed by atoms with Gasteiger partial charge >= 0.3 is 0 Å². The fourth-order valence-electron chi connectivity index (χ4n) is 3.11. The molecule has 30 heavy (non-hydrogen) atoms. The van der Waals surface area contributed by atoms with E-state index in [2.05, 4.69) is 5.32 Å². The molecule has 1 N–H and O–H groups in total. The molecule has 2 aliphatic rings. The Balaban J connectivity index is 1.37. The van der Waals surface area contributed by atoms with E-state index >= 15 is 0 Å². The Kier molecular flexibility index (Phi) is 5.78. The van der Waals surface area contributed by atoms with Gasteiger partial charge in [-0.05, 0) is 60.9 Å². The summed E-state index contributed by atoms with van der Waals surface area (Å²) in [5.41, 5.74) is 3.64. The molecule has 0 unspecified atom stereocenters. The van der Waals surface area contributed by atoms with E-state index in [9.17, 15) is 9.59 Å². The van der Waals surface area contributed by atoms with Crippen molar-refractivity contribution >= 4 is 46.2 Å². The number of hydrogen-bond acceptors (Lipinski definition) is 6. The van der Waals surface area contributed by atoms with Crippen molar-refractivity contribution in [3.8, 4) is 11.5 Å². The number of carbonyl (C=O) groups excluding carboxylic acids is 2. The molecule has 6 nitrogen and oxygen atoms in total. The number of carbonyl (C=O) groups is 2. The summed E-state index contributed by atoms with van der Waals surface area (Å²) in [5, 5.41) is 2.85. The second kappa shape index (κ2) is 8.49. The molecule has 0 spiro atoms. The van der Waals surface area contributed by atoms with Crippen LogP contribution in [-0.4, -0.2) is 40.9 Å². The van der Waals surface area contributed by atoms with Gasteiger partial charge in [0.25, 0.3) is 11.8 Å². The van der Waals surface area contributed by atoms with Crippen LogP contribution in [0.5, 0.6) is 11.5 Å². The van der Waals surface area contributed by atoms with E-state index in [0.717, 1.165) is 16.7 Å². The number of thiocarbonyl (C=S) groups is 1. The summed E-state index contributed by atoms with van der Waals surface area (Å²) in [6, 6.07) is 11.1. The van der Waals surface area contributed by atoms with Gasteiger partial charge in [0, 0.05) is 18.7 Å². The Bertz CT molecular complexity index is 1080. The molecule has 2 amide bonds. The molecule has 0 bridgehead atoms. The molecule has 1 fully saturated rings. The van der Waals surface area contributed by atoms with Crippen LogP contribution >= 0.6 is 24.0 Å². The maximum absolute atomic E-state index is 12.8. The van der Waals surface area contributed by atoms with E-state index in [-0.39, 0.29) is 18.6 Å². The lowest BCUT2D eigenvalue weighted by Crippen LogP contribution is -2.37. The molecule has 1 saturated heterocycles. The Hall–Kier alpha value is -2.84. The molecule has 0 atom stereocenters. The Morgan fingerprint density at radius 2 is 1.97 bits per heavy atom. The van der Waals surface area contributed by atoms with Gasteiger partial charge in [0.2, 0.25) is 6.79 Å². The number of fused-ring (bicyclic) bond motifs is 1. The molecular formula is C22H20N2O4S2. The van der Waals surface area contributed by atoms with Gasteiger partial charge in [-0.15, -0.1) is 0 Å². The Morgan fingerprint density at radius 3 is 2.77 bits per heavy atom. The highest BCUT2D eigenvalue weighted by Gasteiger charge is 2.31. The molecule has 0 aliphatic carbocycles. The monoisotopic (exact) mass is 440 g/mol. The predicted molar refractivity (Wildman–Crippen MR) is 121 cm³/mol. The lowest BCUT2D eigenvalue weighted by Gasteiger charge is -2.15. The summed E-state index contributed by atoms with van der Waals surface area (Å²) < 4.78 is 11.2. The van der Waals surface area contributed by atoms with E-state index in [1.54, 1.807) is 12.1 Å². The van der Waals surface area contributed by atoms with Gasteiger partial charge in [0.1, 0.15) is 4.32 Å². The normalized spacial score (nSPS) is 16.5. The molecule has 0 saturated carbocycles. The van der Waals surface area contributed by atoms with Crippen molar-refractivity contribution in [1.82, 2.24) is 10.2 Å². The minimum atomic E-state index is -0.167. The molecular weight excluding hydrogens is 420 g/mol. The molecule has 2 aliphatic heterocycles. The first-order valence-electron chi connectivity index (χ1n) is 9.43. The number of amides is 2. The summed E-state index contributed by atoms with van der Waals surface area (Å²) in [5.74, 6) is 1.02. The van der Waals surface area contributed by atoms with Crippen LogP contribution in [0.4, 0.5) is 0 Å². The van der Waals surface area contributed by atoms with E-state index in [4.69, 9.17) is 21.7 Å². The first kappa shape index (κ1) is 20.4. The first-order valence-corrected chi connectivity index (χ1v) is 10.7. The van der Waals surface area contributed by atoms with E-state index < -0.39 is 0 Å². The van der Waals surface area contributed by atoms with Crippen molar-refractivity contribution in [2.45, 2.75) is 13.8 Å². The van der Waals surface area contributed by atoms with Gasteiger partial charge in [-0.1, -0.05) is 36.1 Å².